The van der Waals surface area contributed by atoms with Gasteiger partial charge < -0.3 is 16.2 Å². The van der Waals surface area contributed by atoms with Crippen LogP contribution < -0.4 is 11.1 Å². The molecule has 0 amide bonds. The Labute approximate surface area is 99.8 Å². The van der Waals surface area contributed by atoms with Crippen LogP contribution in [-0.2, 0) is 0 Å². The number of aliphatic hydroxyl groups excluding tert-OH is 1. The Bertz CT molecular complexity index is 206. The van der Waals surface area contributed by atoms with Crippen molar-refractivity contribution < 1.29 is 5.11 Å². The van der Waals surface area contributed by atoms with Crippen LogP contribution in [-0.4, -0.2) is 30.3 Å². The number of nitrogens with two attached hydrogens (primary N) is 1. The monoisotopic (exact) mass is 228 g/mol. The summed E-state index contributed by atoms with van der Waals surface area (Å²) in [6, 6.07) is 0. The zero-order chi connectivity index (χ0) is 12.1. The topological polar surface area (TPSA) is 58.3 Å². The van der Waals surface area contributed by atoms with Crippen molar-refractivity contribution in [2.24, 2.45) is 11.1 Å². The molecular formula is C13H28N2O. The van der Waals surface area contributed by atoms with Crippen LogP contribution in [0.3, 0.4) is 0 Å². The fourth-order valence-corrected chi connectivity index (χ4v) is 2.83. The van der Waals surface area contributed by atoms with Crippen molar-refractivity contribution in [2.45, 2.75) is 57.9 Å². The van der Waals surface area contributed by atoms with E-state index in [-0.39, 0.29) is 5.54 Å². The highest BCUT2D eigenvalue weighted by Gasteiger charge is 2.41. The van der Waals surface area contributed by atoms with Gasteiger partial charge in [0.05, 0.1) is 0 Å². The summed E-state index contributed by atoms with van der Waals surface area (Å²) in [5.41, 5.74) is 6.55. The van der Waals surface area contributed by atoms with E-state index >= 15 is 0 Å². The van der Waals surface area contributed by atoms with E-state index < -0.39 is 0 Å². The number of unbranched alkanes of at least 4 members (excludes halogenated alkanes) is 2. The zero-order valence-electron chi connectivity index (χ0n) is 10.9. The van der Waals surface area contributed by atoms with Gasteiger partial charge in [0.1, 0.15) is 0 Å². The molecule has 3 nitrogen and oxygen atoms in total. The second kappa shape index (κ2) is 5.99. The van der Waals surface area contributed by atoms with Crippen molar-refractivity contribution in [3.05, 3.63) is 0 Å². The van der Waals surface area contributed by atoms with E-state index in [0.717, 1.165) is 32.4 Å². The summed E-state index contributed by atoms with van der Waals surface area (Å²) < 4.78 is 0. The summed E-state index contributed by atoms with van der Waals surface area (Å²) >= 11 is 0. The van der Waals surface area contributed by atoms with Crippen molar-refractivity contribution >= 4 is 0 Å². The molecule has 0 aliphatic heterocycles. The first-order valence-corrected chi connectivity index (χ1v) is 6.60. The Hall–Kier alpha value is -0.120. The minimum atomic E-state index is 0.183. The van der Waals surface area contributed by atoms with Crippen LogP contribution in [0.1, 0.15) is 52.4 Å². The van der Waals surface area contributed by atoms with E-state index in [9.17, 15) is 0 Å². The van der Waals surface area contributed by atoms with Gasteiger partial charge in [0.25, 0.3) is 0 Å². The summed E-state index contributed by atoms with van der Waals surface area (Å²) in [6.07, 6.45) is 6.83. The molecule has 0 aromatic heterocycles. The Morgan fingerprint density at radius 3 is 2.44 bits per heavy atom. The summed E-state index contributed by atoms with van der Waals surface area (Å²) in [7, 11) is 0. The van der Waals surface area contributed by atoms with Crippen molar-refractivity contribution in [2.75, 3.05) is 19.7 Å². The smallest absolute Gasteiger partial charge is 0.0431 e. The maximum Gasteiger partial charge on any atom is 0.0431 e. The van der Waals surface area contributed by atoms with Crippen molar-refractivity contribution in [1.29, 1.82) is 0 Å². The summed E-state index contributed by atoms with van der Waals surface area (Å²) in [5, 5.41) is 12.4. The molecule has 0 aromatic rings. The Morgan fingerprint density at radius 1 is 1.19 bits per heavy atom. The molecule has 1 aliphatic carbocycles. The molecule has 3 heteroatoms. The Morgan fingerprint density at radius 2 is 1.94 bits per heavy atom. The SMILES string of the molecule is CC1(C)CCC(CN)(NCCCCCO)C1. The molecule has 1 unspecified atom stereocenters. The predicted molar refractivity (Wildman–Crippen MR) is 68.4 cm³/mol. The molecular weight excluding hydrogens is 200 g/mol. The minimum absolute atomic E-state index is 0.183. The van der Waals surface area contributed by atoms with E-state index in [2.05, 4.69) is 19.2 Å². The number of hydrogen-bond donors (Lipinski definition) is 3. The van der Waals surface area contributed by atoms with E-state index in [1.807, 2.05) is 0 Å². The van der Waals surface area contributed by atoms with Crippen LogP contribution in [0.5, 0.6) is 0 Å². The fraction of sp³-hybridized carbons (Fsp3) is 1.00. The van der Waals surface area contributed by atoms with Gasteiger partial charge in [-0.15, -0.1) is 0 Å². The maximum atomic E-state index is 8.70. The van der Waals surface area contributed by atoms with Crippen LogP contribution in [0.2, 0.25) is 0 Å². The van der Waals surface area contributed by atoms with Gasteiger partial charge in [-0.3, -0.25) is 0 Å². The molecule has 1 aliphatic rings. The lowest BCUT2D eigenvalue weighted by Gasteiger charge is -2.31. The van der Waals surface area contributed by atoms with Crippen LogP contribution >= 0.6 is 0 Å². The average molecular weight is 228 g/mol. The number of nitrogens with one attached hydrogen (secondary N) is 1. The maximum absolute atomic E-state index is 8.70. The molecule has 0 radical (unpaired) electrons. The molecule has 1 atom stereocenters. The lowest BCUT2D eigenvalue weighted by Crippen LogP contribution is -2.50. The predicted octanol–water partition coefficient (Wildman–Crippen LogP) is 1.65. The first kappa shape index (κ1) is 13.9. The zero-order valence-corrected chi connectivity index (χ0v) is 10.9. The van der Waals surface area contributed by atoms with Gasteiger partial charge in [0, 0.05) is 18.7 Å². The molecule has 0 heterocycles. The Balaban J connectivity index is 2.27. The summed E-state index contributed by atoms with van der Waals surface area (Å²) in [5.74, 6) is 0. The second-order valence-electron chi connectivity index (χ2n) is 6.04. The minimum Gasteiger partial charge on any atom is -0.396 e. The van der Waals surface area contributed by atoms with Gasteiger partial charge in [0.15, 0.2) is 0 Å². The summed E-state index contributed by atoms with van der Waals surface area (Å²) in [4.78, 5) is 0. The molecule has 16 heavy (non-hydrogen) atoms. The molecule has 96 valence electrons. The van der Waals surface area contributed by atoms with Gasteiger partial charge in [0.2, 0.25) is 0 Å². The lowest BCUT2D eigenvalue weighted by molar-refractivity contribution is 0.273. The molecule has 4 N–H and O–H groups in total. The van der Waals surface area contributed by atoms with Gasteiger partial charge >= 0.3 is 0 Å². The van der Waals surface area contributed by atoms with Crippen LogP contribution in [0, 0.1) is 5.41 Å². The molecule has 1 saturated carbocycles. The molecule has 0 aromatic carbocycles. The lowest BCUT2D eigenvalue weighted by atomic mass is 9.87. The van der Waals surface area contributed by atoms with Crippen molar-refractivity contribution in [1.82, 2.24) is 5.32 Å². The van der Waals surface area contributed by atoms with E-state index in [4.69, 9.17) is 10.8 Å². The highest BCUT2D eigenvalue weighted by Crippen LogP contribution is 2.42. The van der Waals surface area contributed by atoms with E-state index in [1.54, 1.807) is 0 Å². The third-order valence-electron chi connectivity index (χ3n) is 3.82. The van der Waals surface area contributed by atoms with E-state index in [0.29, 0.717) is 12.0 Å². The van der Waals surface area contributed by atoms with Crippen LogP contribution in [0.25, 0.3) is 0 Å². The molecule has 1 fully saturated rings. The molecule has 0 bridgehead atoms. The van der Waals surface area contributed by atoms with Crippen molar-refractivity contribution in [3.8, 4) is 0 Å². The highest BCUT2D eigenvalue weighted by atomic mass is 16.2. The number of hydrogen-bond acceptors (Lipinski definition) is 3. The second-order valence-corrected chi connectivity index (χ2v) is 6.04. The highest BCUT2D eigenvalue weighted by molar-refractivity contribution is 5.00. The fourth-order valence-electron chi connectivity index (χ4n) is 2.83. The van der Waals surface area contributed by atoms with Gasteiger partial charge in [-0.25, -0.2) is 0 Å². The van der Waals surface area contributed by atoms with Crippen LogP contribution in [0.15, 0.2) is 0 Å². The van der Waals surface area contributed by atoms with Gasteiger partial charge in [-0.1, -0.05) is 13.8 Å². The largest absolute Gasteiger partial charge is 0.396 e. The number of aliphatic hydroxyl groups is 1. The quantitative estimate of drug-likeness (QED) is 0.581. The average Bonchev–Trinajstić information content (AvgIpc) is 2.55. The van der Waals surface area contributed by atoms with E-state index in [1.165, 1.54) is 19.3 Å². The van der Waals surface area contributed by atoms with Crippen molar-refractivity contribution in [3.63, 3.8) is 0 Å². The third kappa shape index (κ3) is 4.04. The van der Waals surface area contributed by atoms with Gasteiger partial charge in [-0.2, -0.15) is 0 Å². The number of rotatable bonds is 7. The first-order valence-electron chi connectivity index (χ1n) is 6.60. The normalized spacial score (nSPS) is 28.5. The molecule has 0 saturated heterocycles. The van der Waals surface area contributed by atoms with Crippen LogP contribution in [0.4, 0.5) is 0 Å². The van der Waals surface area contributed by atoms with Gasteiger partial charge in [-0.05, 0) is 50.5 Å². The molecule has 0 spiro atoms. The third-order valence-corrected chi connectivity index (χ3v) is 3.82. The standard InChI is InChI=1S/C13H28N2O/c1-12(2)6-7-13(10-12,11-14)15-8-4-3-5-9-16/h15-16H,3-11,14H2,1-2H3. The first-order chi connectivity index (χ1) is 7.54. The molecule has 1 rings (SSSR count). The summed E-state index contributed by atoms with van der Waals surface area (Å²) in [6.45, 7) is 6.76. The Kier molecular flexibility index (Phi) is 5.22.